The fourth-order valence-electron chi connectivity index (χ4n) is 6.19. The Morgan fingerprint density at radius 2 is 2.28 bits per heavy atom. The molecule has 0 aromatic heterocycles. The van der Waals surface area contributed by atoms with Crippen LogP contribution in [-0.2, 0) is 20.9 Å². The van der Waals surface area contributed by atoms with Crippen molar-refractivity contribution in [2.24, 2.45) is 0 Å². The lowest BCUT2D eigenvalue weighted by molar-refractivity contribution is -0.145. The van der Waals surface area contributed by atoms with Crippen LogP contribution in [-0.4, -0.2) is 36.2 Å². The van der Waals surface area contributed by atoms with Crippen molar-refractivity contribution in [2.45, 2.75) is 55.8 Å². The summed E-state index contributed by atoms with van der Waals surface area (Å²) in [7, 11) is 4.82. The largest absolute Gasteiger partial charge is 0.484 e. The number of nitrogens with zero attached hydrogens (tertiary/aromatic N) is 1. The van der Waals surface area contributed by atoms with E-state index in [1.165, 1.54) is 16.7 Å². The summed E-state index contributed by atoms with van der Waals surface area (Å²) in [5.74, 6) is 0.856. The summed E-state index contributed by atoms with van der Waals surface area (Å²) in [4.78, 5) is 2.47. The molecule has 1 saturated heterocycles. The van der Waals surface area contributed by atoms with Crippen molar-refractivity contribution >= 4 is 23.2 Å². The van der Waals surface area contributed by atoms with Crippen LogP contribution in [0.4, 0.5) is 0 Å². The summed E-state index contributed by atoms with van der Waals surface area (Å²) in [6, 6.07) is 4.48. The van der Waals surface area contributed by atoms with Gasteiger partial charge in [0, 0.05) is 21.1 Å². The van der Waals surface area contributed by atoms with E-state index in [0.29, 0.717) is 6.04 Å². The molecule has 4 aliphatic rings. The Morgan fingerprint density at radius 1 is 1.44 bits per heavy atom. The Balaban J connectivity index is 1.87. The van der Waals surface area contributed by atoms with E-state index < -0.39 is 0 Å². The average Bonchev–Trinajstić information content (AvgIpc) is 2.99. The first kappa shape index (κ1) is 16.4. The summed E-state index contributed by atoms with van der Waals surface area (Å²) in [6.07, 6.45) is 6.19. The number of hydrogen-bond donors (Lipinski definition) is 0. The highest BCUT2D eigenvalue weighted by atomic mass is 31.1. The van der Waals surface area contributed by atoms with Crippen molar-refractivity contribution < 1.29 is 13.8 Å². The molecule has 1 saturated carbocycles. The minimum absolute atomic E-state index is 0.0000463. The van der Waals surface area contributed by atoms with Gasteiger partial charge in [-0.25, -0.2) is 0 Å². The van der Waals surface area contributed by atoms with Crippen LogP contribution >= 0.6 is 17.9 Å². The first-order valence-electron chi connectivity index (χ1n) is 9.02. The molecule has 2 heterocycles. The molecule has 5 atom stereocenters. The van der Waals surface area contributed by atoms with E-state index in [4.69, 9.17) is 9.26 Å². The highest BCUT2D eigenvalue weighted by Crippen LogP contribution is 2.66. The Bertz CT molecular complexity index is 810. The summed E-state index contributed by atoms with van der Waals surface area (Å²) in [5, 5.41) is 0.771. The van der Waals surface area contributed by atoms with Crippen molar-refractivity contribution in [2.75, 3.05) is 13.6 Å². The van der Waals surface area contributed by atoms with Crippen LogP contribution in [0.15, 0.2) is 23.8 Å². The normalized spacial score (nSPS) is 40.2. The molecule has 2 unspecified atom stereocenters. The standard InChI is InChI=1S/C19H23NO3P2/c1-3-11-6-7-19(23-24)14-10-12-4-5-13(25-21)16-15(12)18(19,17(11)22-16)8-9-20(14)2/h3-5,14,17H,6-10,24H2,1-2H3/t14-,17?,18+,19-/m1/s1. The first-order valence-corrected chi connectivity index (χ1v) is 10.3. The van der Waals surface area contributed by atoms with Crippen LogP contribution in [0.25, 0.3) is 0 Å². The molecule has 1 aromatic rings. The van der Waals surface area contributed by atoms with E-state index in [1.54, 1.807) is 0 Å². The Labute approximate surface area is 152 Å². The molecule has 2 aliphatic heterocycles. The van der Waals surface area contributed by atoms with Gasteiger partial charge in [0.1, 0.15) is 17.5 Å². The van der Waals surface area contributed by atoms with Gasteiger partial charge < -0.3 is 14.2 Å². The number of allylic oxidation sites excluding steroid dienone is 1. The van der Waals surface area contributed by atoms with E-state index in [0.717, 1.165) is 43.3 Å². The van der Waals surface area contributed by atoms with Gasteiger partial charge in [0.25, 0.3) is 0 Å². The molecule has 2 fully saturated rings. The highest BCUT2D eigenvalue weighted by molar-refractivity contribution is 7.34. The molecule has 0 amide bonds. The molecule has 4 nitrogen and oxygen atoms in total. The molecule has 0 N–H and O–H groups in total. The van der Waals surface area contributed by atoms with Gasteiger partial charge in [0.05, 0.1) is 10.7 Å². The zero-order valence-electron chi connectivity index (χ0n) is 14.6. The molecule has 5 rings (SSSR count). The lowest BCUT2D eigenvalue weighted by Gasteiger charge is -2.64. The van der Waals surface area contributed by atoms with E-state index >= 15 is 0 Å². The third kappa shape index (κ3) is 1.71. The van der Waals surface area contributed by atoms with Crippen LogP contribution in [0.2, 0.25) is 0 Å². The number of piperidine rings is 1. The maximum Gasteiger partial charge on any atom is 0.196 e. The minimum atomic E-state index is -0.265. The topological polar surface area (TPSA) is 38.8 Å². The third-order valence-corrected chi connectivity index (χ3v) is 8.22. The van der Waals surface area contributed by atoms with Crippen LogP contribution in [0.3, 0.4) is 0 Å². The smallest absolute Gasteiger partial charge is 0.196 e. The number of likely N-dealkylation sites (N-methyl/N-ethyl adjacent to an activating group) is 1. The zero-order valence-corrected chi connectivity index (χ0v) is 16.7. The summed E-state index contributed by atoms with van der Waals surface area (Å²) >= 11 is 0. The Kier molecular flexibility index (Phi) is 3.51. The van der Waals surface area contributed by atoms with Gasteiger partial charge in [-0.3, -0.25) is 4.57 Å². The summed E-state index contributed by atoms with van der Waals surface area (Å²) in [5.41, 5.74) is 3.55. The number of benzene rings is 1. The second-order valence-electron chi connectivity index (χ2n) is 7.83. The van der Waals surface area contributed by atoms with Crippen molar-refractivity contribution in [1.29, 1.82) is 0 Å². The quantitative estimate of drug-likeness (QED) is 0.588. The zero-order chi connectivity index (χ0) is 17.4. The molecule has 1 spiro atoms. The molecular formula is C19H23NO3P2. The Hall–Kier alpha value is -0.790. The summed E-state index contributed by atoms with van der Waals surface area (Å²) in [6.45, 7) is 3.14. The van der Waals surface area contributed by atoms with Crippen molar-refractivity contribution in [3.63, 3.8) is 0 Å². The summed E-state index contributed by atoms with van der Waals surface area (Å²) < 4.78 is 24.7. The minimum Gasteiger partial charge on any atom is -0.484 e. The molecule has 6 heteroatoms. The van der Waals surface area contributed by atoms with Crippen molar-refractivity contribution in [3.05, 3.63) is 34.9 Å². The molecule has 2 aliphatic carbocycles. The van der Waals surface area contributed by atoms with E-state index in [1.807, 2.05) is 6.07 Å². The van der Waals surface area contributed by atoms with E-state index in [2.05, 4.69) is 40.5 Å². The van der Waals surface area contributed by atoms with Crippen LogP contribution in [0.1, 0.15) is 37.3 Å². The second kappa shape index (κ2) is 5.36. The average molecular weight is 375 g/mol. The van der Waals surface area contributed by atoms with Gasteiger partial charge >= 0.3 is 0 Å². The van der Waals surface area contributed by atoms with Crippen LogP contribution < -0.4 is 10.0 Å². The maximum atomic E-state index is 11.8. The number of likely N-dealkylation sites (tertiary alicyclic amines) is 1. The second-order valence-corrected chi connectivity index (χ2v) is 8.73. The fraction of sp³-hybridized carbons (Fsp3) is 0.579. The van der Waals surface area contributed by atoms with Gasteiger partial charge in [-0.15, -0.1) is 0 Å². The van der Waals surface area contributed by atoms with Gasteiger partial charge in [-0.05, 0) is 63.4 Å². The monoisotopic (exact) mass is 375 g/mol. The number of hydrogen-bond acceptors (Lipinski definition) is 4. The predicted molar refractivity (Wildman–Crippen MR) is 101 cm³/mol. The van der Waals surface area contributed by atoms with Gasteiger partial charge in [0.2, 0.25) is 0 Å². The number of ether oxygens (including phenoxy) is 1. The van der Waals surface area contributed by atoms with Crippen LogP contribution in [0, 0.1) is 0 Å². The lowest BCUT2D eigenvalue weighted by atomic mass is 9.48. The van der Waals surface area contributed by atoms with Crippen LogP contribution in [0.5, 0.6) is 5.75 Å². The van der Waals surface area contributed by atoms with Gasteiger partial charge in [-0.2, -0.15) is 0 Å². The fourth-order valence-corrected chi connectivity index (χ4v) is 7.05. The van der Waals surface area contributed by atoms with E-state index in [9.17, 15) is 4.57 Å². The van der Waals surface area contributed by atoms with Gasteiger partial charge in [-0.1, -0.05) is 12.1 Å². The molecule has 0 radical (unpaired) electrons. The molecule has 132 valence electrons. The molecule has 1 aromatic carbocycles. The Morgan fingerprint density at radius 3 is 3.00 bits per heavy atom. The first-order chi connectivity index (χ1) is 12.1. The molecule has 25 heavy (non-hydrogen) atoms. The lowest BCUT2D eigenvalue weighted by Crippen LogP contribution is -2.75. The number of rotatable bonds is 2. The third-order valence-electron chi connectivity index (χ3n) is 7.25. The van der Waals surface area contributed by atoms with Gasteiger partial charge in [0.15, 0.2) is 8.46 Å². The highest BCUT2D eigenvalue weighted by Gasteiger charge is 2.72. The predicted octanol–water partition coefficient (Wildman–Crippen LogP) is 3.15. The van der Waals surface area contributed by atoms with Crippen molar-refractivity contribution in [3.8, 4) is 5.75 Å². The van der Waals surface area contributed by atoms with Crippen molar-refractivity contribution in [1.82, 2.24) is 4.90 Å². The van der Waals surface area contributed by atoms with E-state index in [-0.39, 0.29) is 25.6 Å². The SMILES string of the molecule is CC=C1CC[C@@]2(OP)[C@H]3Cc4ccc(P=O)c5c4[C@@]2(CCN3C)C1O5. The molecular weight excluding hydrogens is 352 g/mol. The maximum absolute atomic E-state index is 11.8. The molecule has 2 bridgehead atoms.